The van der Waals surface area contributed by atoms with Crippen molar-refractivity contribution in [2.75, 3.05) is 0 Å². The lowest BCUT2D eigenvalue weighted by Gasteiger charge is -2.13. The SMILES string of the molecule is Cn1nc(-c2cc(C(F)(F)F)c(Cl)c(O)c2F)c2cnc(Cl)cc21. The Morgan fingerprint density at radius 1 is 1.21 bits per heavy atom. The van der Waals surface area contributed by atoms with Gasteiger partial charge in [0.2, 0.25) is 0 Å². The monoisotopic (exact) mass is 379 g/mol. The first kappa shape index (κ1) is 16.8. The van der Waals surface area contributed by atoms with Crippen LogP contribution in [0.1, 0.15) is 5.56 Å². The fourth-order valence-electron chi connectivity index (χ4n) is 2.33. The molecule has 0 aliphatic rings. The lowest BCUT2D eigenvalue weighted by molar-refractivity contribution is -0.137. The molecule has 0 fully saturated rings. The van der Waals surface area contributed by atoms with Crippen molar-refractivity contribution < 1.29 is 22.7 Å². The van der Waals surface area contributed by atoms with Gasteiger partial charge in [0.15, 0.2) is 11.6 Å². The smallest absolute Gasteiger partial charge is 0.418 e. The maximum absolute atomic E-state index is 14.3. The zero-order chi connectivity index (χ0) is 17.8. The molecule has 2 heterocycles. The van der Waals surface area contributed by atoms with Crippen molar-refractivity contribution in [1.82, 2.24) is 14.8 Å². The van der Waals surface area contributed by atoms with Crippen LogP contribution in [0.3, 0.4) is 0 Å². The maximum Gasteiger partial charge on any atom is 0.418 e. The first-order valence-corrected chi connectivity index (χ1v) is 7.13. The first-order chi connectivity index (χ1) is 11.1. The van der Waals surface area contributed by atoms with Crippen molar-refractivity contribution in [3.63, 3.8) is 0 Å². The Morgan fingerprint density at radius 2 is 1.88 bits per heavy atom. The summed E-state index contributed by atoms with van der Waals surface area (Å²) < 4.78 is 54.8. The number of aromatic nitrogens is 3. The van der Waals surface area contributed by atoms with Gasteiger partial charge in [0.25, 0.3) is 0 Å². The molecule has 10 heteroatoms. The molecule has 0 aliphatic heterocycles. The van der Waals surface area contributed by atoms with Crippen molar-refractivity contribution in [3.05, 3.63) is 39.9 Å². The number of nitrogens with zero attached hydrogens (tertiary/aromatic N) is 3. The molecule has 1 aromatic carbocycles. The van der Waals surface area contributed by atoms with Gasteiger partial charge in [-0.05, 0) is 6.07 Å². The fourth-order valence-corrected chi connectivity index (χ4v) is 2.72. The van der Waals surface area contributed by atoms with E-state index in [1.807, 2.05) is 0 Å². The van der Waals surface area contributed by atoms with Crippen molar-refractivity contribution in [2.24, 2.45) is 7.05 Å². The number of hydrogen-bond donors (Lipinski definition) is 1. The summed E-state index contributed by atoms with van der Waals surface area (Å²) in [5.74, 6) is -2.59. The predicted octanol–water partition coefficient (Wildman–Crippen LogP) is 4.81. The molecule has 3 rings (SSSR count). The minimum absolute atomic E-state index is 0.119. The van der Waals surface area contributed by atoms with Crippen LogP contribution in [0.15, 0.2) is 18.3 Å². The summed E-state index contributed by atoms with van der Waals surface area (Å²) in [5.41, 5.74) is -1.59. The zero-order valence-corrected chi connectivity index (χ0v) is 13.3. The zero-order valence-electron chi connectivity index (χ0n) is 11.8. The fraction of sp³-hybridized carbons (Fsp3) is 0.143. The second-order valence-corrected chi connectivity index (χ2v) is 5.71. The van der Waals surface area contributed by atoms with Gasteiger partial charge in [0.05, 0.1) is 16.1 Å². The molecule has 0 bridgehead atoms. The molecule has 1 N–H and O–H groups in total. The largest absolute Gasteiger partial charge is 0.504 e. The van der Waals surface area contributed by atoms with E-state index >= 15 is 0 Å². The maximum atomic E-state index is 14.3. The van der Waals surface area contributed by atoms with E-state index in [4.69, 9.17) is 23.2 Å². The summed E-state index contributed by atoms with van der Waals surface area (Å²) in [6.45, 7) is 0. The van der Waals surface area contributed by atoms with E-state index in [0.717, 1.165) is 0 Å². The minimum Gasteiger partial charge on any atom is -0.504 e. The Kier molecular flexibility index (Phi) is 3.84. The summed E-state index contributed by atoms with van der Waals surface area (Å²) in [5, 5.41) is 13.0. The lowest BCUT2D eigenvalue weighted by Crippen LogP contribution is -2.07. The van der Waals surface area contributed by atoms with E-state index in [2.05, 4.69) is 10.1 Å². The Morgan fingerprint density at radius 3 is 2.50 bits per heavy atom. The molecule has 126 valence electrons. The highest BCUT2D eigenvalue weighted by molar-refractivity contribution is 6.33. The highest BCUT2D eigenvalue weighted by Crippen LogP contribution is 2.44. The van der Waals surface area contributed by atoms with Gasteiger partial charge in [-0.3, -0.25) is 4.68 Å². The second kappa shape index (κ2) is 5.49. The Bertz CT molecular complexity index is 969. The average molecular weight is 380 g/mol. The number of rotatable bonds is 1. The number of alkyl halides is 3. The van der Waals surface area contributed by atoms with E-state index in [1.165, 1.54) is 24.0 Å². The van der Waals surface area contributed by atoms with Gasteiger partial charge in [-0.1, -0.05) is 23.2 Å². The van der Waals surface area contributed by atoms with Crippen LogP contribution in [0, 0.1) is 5.82 Å². The molecule has 0 atom stereocenters. The topological polar surface area (TPSA) is 50.9 Å². The standard InChI is InChI=1S/C14H7Cl2F4N3O/c1-23-8-3-9(15)21-4-6(8)12(22-23)5-2-7(14(18,19)20)10(16)13(24)11(5)17/h2-4,24H,1H3. The van der Waals surface area contributed by atoms with E-state index < -0.39 is 33.9 Å². The van der Waals surface area contributed by atoms with Gasteiger partial charge in [0, 0.05) is 30.3 Å². The Hall–Kier alpha value is -2.06. The van der Waals surface area contributed by atoms with E-state index in [-0.39, 0.29) is 16.2 Å². The van der Waals surface area contributed by atoms with Crippen LogP contribution >= 0.6 is 23.2 Å². The molecule has 0 radical (unpaired) electrons. The third-order valence-corrected chi connectivity index (χ3v) is 4.03. The number of pyridine rings is 1. The van der Waals surface area contributed by atoms with Crippen LogP contribution in [0.2, 0.25) is 10.2 Å². The molecule has 0 amide bonds. The molecule has 0 aliphatic carbocycles. The lowest BCUT2D eigenvalue weighted by atomic mass is 10.0. The van der Waals surface area contributed by atoms with Crippen LogP contribution < -0.4 is 0 Å². The van der Waals surface area contributed by atoms with Crippen molar-refractivity contribution in [1.29, 1.82) is 0 Å². The number of aromatic hydroxyl groups is 1. The van der Waals surface area contributed by atoms with Gasteiger partial charge in [-0.15, -0.1) is 0 Å². The number of benzene rings is 1. The third kappa shape index (κ3) is 2.55. The van der Waals surface area contributed by atoms with Gasteiger partial charge < -0.3 is 5.11 Å². The molecule has 0 spiro atoms. The molecule has 0 unspecified atom stereocenters. The van der Waals surface area contributed by atoms with Gasteiger partial charge in [0.1, 0.15) is 10.8 Å². The van der Waals surface area contributed by atoms with Crippen molar-refractivity contribution in [2.45, 2.75) is 6.18 Å². The average Bonchev–Trinajstić information content (AvgIpc) is 2.80. The molecule has 2 aromatic heterocycles. The normalized spacial score (nSPS) is 12.1. The summed E-state index contributed by atoms with van der Waals surface area (Å²) >= 11 is 11.2. The number of hydrogen-bond acceptors (Lipinski definition) is 3. The summed E-state index contributed by atoms with van der Waals surface area (Å²) in [6.07, 6.45) is -3.61. The first-order valence-electron chi connectivity index (χ1n) is 6.38. The second-order valence-electron chi connectivity index (χ2n) is 4.94. The van der Waals surface area contributed by atoms with E-state index in [0.29, 0.717) is 11.6 Å². The predicted molar refractivity (Wildman–Crippen MR) is 80.6 cm³/mol. The van der Waals surface area contributed by atoms with Crippen LogP contribution in [-0.4, -0.2) is 19.9 Å². The number of aryl methyl sites for hydroxylation is 1. The summed E-state index contributed by atoms with van der Waals surface area (Å²) in [7, 11) is 1.51. The number of phenols is 1. The molecular weight excluding hydrogens is 373 g/mol. The molecular formula is C14H7Cl2F4N3O. The van der Waals surface area contributed by atoms with Crippen LogP contribution in [0.25, 0.3) is 22.2 Å². The van der Waals surface area contributed by atoms with Crippen molar-refractivity contribution >= 4 is 34.1 Å². The van der Waals surface area contributed by atoms with Crippen LogP contribution in [-0.2, 0) is 13.2 Å². The molecule has 4 nitrogen and oxygen atoms in total. The van der Waals surface area contributed by atoms with Crippen molar-refractivity contribution in [3.8, 4) is 17.0 Å². The Balaban J connectivity index is 2.37. The summed E-state index contributed by atoms with van der Waals surface area (Å²) in [6, 6.07) is 1.94. The third-order valence-electron chi connectivity index (χ3n) is 3.44. The van der Waals surface area contributed by atoms with Gasteiger partial charge in [-0.2, -0.15) is 18.3 Å². The quantitative estimate of drug-likeness (QED) is 0.487. The number of fused-ring (bicyclic) bond motifs is 1. The minimum atomic E-state index is -4.87. The molecule has 3 aromatic rings. The highest BCUT2D eigenvalue weighted by atomic mass is 35.5. The van der Waals surface area contributed by atoms with Crippen LogP contribution in [0.4, 0.5) is 17.6 Å². The van der Waals surface area contributed by atoms with E-state index in [1.54, 1.807) is 0 Å². The number of halogens is 6. The van der Waals surface area contributed by atoms with Crippen LogP contribution in [0.5, 0.6) is 5.75 Å². The summed E-state index contributed by atoms with van der Waals surface area (Å²) in [4.78, 5) is 3.83. The van der Waals surface area contributed by atoms with Gasteiger partial charge in [-0.25, -0.2) is 9.37 Å². The Labute approximate surface area is 142 Å². The van der Waals surface area contributed by atoms with Gasteiger partial charge >= 0.3 is 6.18 Å². The number of phenolic OH excluding ortho intramolecular Hbond substituents is 1. The highest BCUT2D eigenvalue weighted by Gasteiger charge is 2.37. The molecule has 0 saturated carbocycles. The molecule has 24 heavy (non-hydrogen) atoms. The van der Waals surface area contributed by atoms with E-state index in [9.17, 15) is 22.7 Å². The molecule has 0 saturated heterocycles.